The molecule has 0 unspecified atom stereocenters. The third-order valence-corrected chi connectivity index (χ3v) is 1.98. The minimum atomic E-state index is -0.925. The Labute approximate surface area is 87.2 Å². The van der Waals surface area contributed by atoms with Gasteiger partial charge in [-0.2, -0.15) is 0 Å². The van der Waals surface area contributed by atoms with E-state index in [1.807, 2.05) is 13.8 Å². The van der Waals surface area contributed by atoms with Crippen LogP contribution in [0.1, 0.15) is 13.8 Å². The molecule has 0 saturated heterocycles. The lowest BCUT2D eigenvalue weighted by Gasteiger charge is -2.06. The van der Waals surface area contributed by atoms with Crippen LogP contribution in [0, 0.1) is 5.92 Å². The van der Waals surface area contributed by atoms with Gasteiger partial charge in [0.25, 0.3) is 5.91 Å². The molecule has 0 aromatic heterocycles. The quantitative estimate of drug-likeness (QED) is 0.612. The van der Waals surface area contributed by atoms with Gasteiger partial charge in [-0.1, -0.05) is 13.8 Å². The Morgan fingerprint density at radius 1 is 1.43 bits per heavy atom. The van der Waals surface area contributed by atoms with E-state index in [0.717, 1.165) is 11.8 Å². The lowest BCUT2D eigenvalue weighted by atomic mass is 10.2. The summed E-state index contributed by atoms with van der Waals surface area (Å²) in [4.78, 5) is 25.9. The number of hydroxylamine groups is 1. The number of nitrogens with one attached hydrogen (secondary N) is 1. The van der Waals surface area contributed by atoms with Gasteiger partial charge in [0.15, 0.2) is 0 Å². The second-order valence-electron chi connectivity index (χ2n) is 3.12. The first kappa shape index (κ1) is 13.2. The Morgan fingerprint density at radius 2 is 2.07 bits per heavy atom. The average Bonchev–Trinajstić information content (AvgIpc) is 2.02. The van der Waals surface area contributed by atoms with Crippen LogP contribution in [0.5, 0.6) is 0 Å². The Morgan fingerprint density at radius 3 is 2.57 bits per heavy atom. The zero-order chi connectivity index (χ0) is 11.0. The molecule has 0 spiro atoms. The van der Waals surface area contributed by atoms with Crippen LogP contribution < -0.4 is 5.48 Å². The van der Waals surface area contributed by atoms with E-state index in [0.29, 0.717) is 12.5 Å². The van der Waals surface area contributed by atoms with E-state index >= 15 is 0 Å². The first-order valence-corrected chi connectivity index (χ1v) is 5.38. The van der Waals surface area contributed by atoms with Gasteiger partial charge in [0.1, 0.15) is 0 Å². The summed E-state index contributed by atoms with van der Waals surface area (Å²) in [6.45, 7) is 4.38. The molecule has 14 heavy (non-hydrogen) atoms. The number of hydrogen-bond acceptors (Lipinski definition) is 4. The van der Waals surface area contributed by atoms with Gasteiger partial charge in [-0.05, 0) is 5.92 Å². The number of thioether (sulfide) groups is 1. The number of aliphatic carboxylic acids is 1. The largest absolute Gasteiger partial charge is 0.481 e. The number of carbonyl (C=O) groups is 2. The molecule has 0 aliphatic carbocycles. The molecule has 5 nitrogen and oxygen atoms in total. The summed E-state index contributed by atoms with van der Waals surface area (Å²) < 4.78 is 0. The average molecular weight is 221 g/mol. The fourth-order valence-corrected chi connectivity index (χ4v) is 1.07. The van der Waals surface area contributed by atoms with Crippen LogP contribution in [0.3, 0.4) is 0 Å². The molecular formula is C8H15NO4S. The molecular weight excluding hydrogens is 206 g/mol. The maximum absolute atomic E-state index is 11.0. The van der Waals surface area contributed by atoms with Crippen molar-refractivity contribution >= 4 is 23.6 Å². The van der Waals surface area contributed by atoms with Gasteiger partial charge < -0.3 is 5.11 Å². The van der Waals surface area contributed by atoms with Crippen molar-refractivity contribution in [3.05, 3.63) is 0 Å². The lowest BCUT2D eigenvalue weighted by Crippen LogP contribution is -2.27. The maximum atomic E-state index is 11.0. The minimum Gasteiger partial charge on any atom is -0.481 e. The van der Waals surface area contributed by atoms with Gasteiger partial charge in [-0.15, -0.1) is 11.8 Å². The van der Waals surface area contributed by atoms with Crippen molar-refractivity contribution in [3.63, 3.8) is 0 Å². The van der Waals surface area contributed by atoms with Crippen molar-refractivity contribution in [3.8, 4) is 0 Å². The van der Waals surface area contributed by atoms with Crippen LogP contribution in [0.4, 0.5) is 0 Å². The molecule has 2 N–H and O–H groups in total. The van der Waals surface area contributed by atoms with E-state index in [1.165, 1.54) is 0 Å². The van der Waals surface area contributed by atoms with Crippen LogP contribution in [0.15, 0.2) is 0 Å². The first-order valence-electron chi connectivity index (χ1n) is 4.22. The molecule has 0 saturated carbocycles. The van der Waals surface area contributed by atoms with Crippen LogP contribution >= 0.6 is 11.8 Å². The number of carbonyl (C=O) groups excluding carboxylic acids is 1. The summed E-state index contributed by atoms with van der Waals surface area (Å²) in [5, 5.41) is 8.29. The van der Waals surface area contributed by atoms with E-state index in [9.17, 15) is 9.59 Å². The monoisotopic (exact) mass is 221 g/mol. The fraction of sp³-hybridized carbons (Fsp3) is 0.750. The highest BCUT2D eigenvalue weighted by Crippen LogP contribution is 1.98. The third-order valence-electron chi connectivity index (χ3n) is 1.06. The summed E-state index contributed by atoms with van der Waals surface area (Å²) in [5.41, 5.74) is 2.24. The van der Waals surface area contributed by atoms with E-state index < -0.39 is 5.97 Å². The standard InChI is InChI=1S/C8H15NO4S/c1-6(2)3-13-9-7(10)4-14-5-8(11)12/h6H,3-5H2,1-2H3,(H,9,10)(H,11,12). The number of carboxylic acids is 1. The molecule has 0 rings (SSSR count). The first-order chi connectivity index (χ1) is 6.52. The summed E-state index contributed by atoms with van der Waals surface area (Å²) in [6.07, 6.45) is 0. The summed E-state index contributed by atoms with van der Waals surface area (Å²) in [7, 11) is 0. The van der Waals surface area contributed by atoms with Gasteiger partial charge in [0.2, 0.25) is 0 Å². The summed E-state index contributed by atoms with van der Waals surface area (Å²) in [6, 6.07) is 0. The Bertz CT molecular complexity index is 196. The van der Waals surface area contributed by atoms with Crippen molar-refractivity contribution in [2.75, 3.05) is 18.1 Å². The Balaban J connectivity index is 3.33. The van der Waals surface area contributed by atoms with Crippen LogP contribution in [0.2, 0.25) is 0 Å². The molecule has 0 aromatic carbocycles. The van der Waals surface area contributed by atoms with Crippen molar-refractivity contribution < 1.29 is 19.5 Å². The molecule has 6 heteroatoms. The van der Waals surface area contributed by atoms with E-state index in [4.69, 9.17) is 9.94 Å². The molecule has 0 bridgehead atoms. The molecule has 0 heterocycles. The second-order valence-corrected chi connectivity index (χ2v) is 4.10. The summed E-state index contributed by atoms with van der Waals surface area (Å²) in [5.74, 6) is -0.855. The number of rotatable bonds is 7. The normalized spacial score (nSPS) is 10.2. The van der Waals surface area contributed by atoms with Crippen LogP contribution in [-0.4, -0.2) is 35.1 Å². The molecule has 0 fully saturated rings. The van der Waals surface area contributed by atoms with E-state index in [1.54, 1.807) is 0 Å². The van der Waals surface area contributed by atoms with Crippen molar-refractivity contribution in [2.45, 2.75) is 13.8 Å². The molecule has 1 amide bonds. The van der Waals surface area contributed by atoms with Crippen molar-refractivity contribution in [1.29, 1.82) is 0 Å². The number of hydrogen-bond donors (Lipinski definition) is 2. The van der Waals surface area contributed by atoms with Gasteiger partial charge in [0.05, 0.1) is 18.1 Å². The SMILES string of the molecule is CC(C)CONC(=O)CSCC(=O)O. The molecule has 0 aliphatic heterocycles. The molecule has 0 aliphatic rings. The highest BCUT2D eigenvalue weighted by Gasteiger charge is 2.04. The number of carboxylic acid groups (broad SMARTS) is 1. The zero-order valence-electron chi connectivity index (χ0n) is 8.28. The van der Waals surface area contributed by atoms with Gasteiger partial charge >= 0.3 is 5.97 Å². The highest BCUT2D eigenvalue weighted by atomic mass is 32.2. The van der Waals surface area contributed by atoms with Gasteiger partial charge in [0, 0.05) is 0 Å². The van der Waals surface area contributed by atoms with E-state index in [-0.39, 0.29) is 17.4 Å². The third kappa shape index (κ3) is 9.34. The zero-order valence-corrected chi connectivity index (χ0v) is 9.10. The van der Waals surface area contributed by atoms with Crippen LogP contribution in [0.25, 0.3) is 0 Å². The fourth-order valence-electron chi connectivity index (χ4n) is 0.549. The maximum Gasteiger partial charge on any atom is 0.313 e. The topological polar surface area (TPSA) is 75.6 Å². The smallest absolute Gasteiger partial charge is 0.313 e. The summed E-state index contributed by atoms with van der Waals surface area (Å²) >= 11 is 1.04. The molecule has 0 radical (unpaired) electrons. The Hall–Kier alpha value is -0.750. The molecule has 0 atom stereocenters. The Kier molecular flexibility index (Phi) is 7.23. The molecule has 82 valence electrons. The predicted molar refractivity (Wildman–Crippen MR) is 53.9 cm³/mol. The van der Waals surface area contributed by atoms with E-state index in [2.05, 4.69) is 5.48 Å². The van der Waals surface area contributed by atoms with Gasteiger partial charge in [-0.3, -0.25) is 14.4 Å². The van der Waals surface area contributed by atoms with Crippen molar-refractivity contribution in [1.82, 2.24) is 5.48 Å². The highest BCUT2D eigenvalue weighted by molar-refractivity contribution is 8.00. The van der Waals surface area contributed by atoms with Crippen LogP contribution in [-0.2, 0) is 14.4 Å². The minimum absolute atomic E-state index is 0.0718. The van der Waals surface area contributed by atoms with Gasteiger partial charge in [-0.25, -0.2) is 5.48 Å². The second kappa shape index (κ2) is 7.64. The molecule has 0 aromatic rings. The lowest BCUT2D eigenvalue weighted by molar-refractivity contribution is -0.133. The number of amides is 1. The predicted octanol–water partition coefficient (Wildman–Crippen LogP) is 0.508. The van der Waals surface area contributed by atoms with Crippen molar-refractivity contribution in [2.24, 2.45) is 5.92 Å².